The van der Waals surface area contributed by atoms with Crippen LogP contribution >= 0.6 is 11.6 Å². The molecule has 1 aliphatic rings. The van der Waals surface area contributed by atoms with E-state index in [0.29, 0.717) is 0 Å². The van der Waals surface area contributed by atoms with Gasteiger partial charge < -0.3 is 9.64 Å². The highest BCUT2D eigenvalue weighted by molar-refractivity contribution is 6.21. The third-order valence-corrected chi connectivity index (χ3v) is 2.93. The molecular formula is C10H18ClNO2. The number of rotatable bonds is 5. The van der Waals surface area contributed by atoms with E-state index < -0.39 is 0 Å². The smallest absolute Gasteiger partial charge is 0.254 e. The molecule has 1 heterocycles. The molecule has 1 amide bonds. The van der Waals surface area contributed by atoms with E-state index in [9.17, 15) is 4.79 Å². The van der Waals surface area contributed by atoms with Gasteiger partial charge in [0.25, 0.3) is 5.91 Å². The minimum absolute atomic E-state index is 0.0468. The third-order valence-electron chi connectivity index (χ3n) is 2.67. The van der Waals surface area contributed by atoms with Crippen molar-refractivity contribution in [1.29, 1.82) is 0 Å². The van der Waals surface area contributed by atoms with Gasteiger partial charge in [-0.05, 0) is 13.3 Å². The van der Waals surface area contributed by atoms with Crippen molar-refractivity contribution in [3.63, 3.8) is 0 Å². The van der Waals surface area contributed by atoms with Crippen LogP contribution in [0.5, 0.6) is 0 Å². The quantitative estimate of drug-likeness (QED) is 0.520. The van der Waals surface area contributed by atoms with E-state index in [-0.39, 0.29) is 23.4 Å². The Morgan fingerprint density at radius 1 is 1.64 bits per heavy atom. The van der Waals surface area contributed by atoms with Crippen LogP contribution in [0.3, 0.4) is 0 Å². The largest absolute Gasteiger partial charge is 0.369 e. The van der Waals surface area contributed by atoms with Crippen molar-refractivity contribution in [3.05, 3.63) is 0 Å². The van der Waals surface area contributed by atoms with Crippen molar-refractivity contribution in [2.75, 3.05) is 13.7 Å². The van der Waals surface area contributed by atoms with Crippen LogP contribution in [0.1, 0.15) is 26.7 Å². The monoisotopic (exact) mass is 219 g/mol. The Labute approximate surface area is 90.4 Å². The number of hydrogen-bond acceptors (Lipinski definition) is 2. The van der Waals surface area contributed by atoms with E-state index in [1.54, 1.807) is 7.11 Å². The van der Waals surface area contributed by atoms with Crippen LogP contribution in [0.2, 0.25) is 0 Å². The normalized spacial score (nSPS) is 28.9. The number of halogens is 1. The van der Waals surface area contributed by atoms with Crippen LogP contribution in [0, 0.1) is 0 Å². The summed E-state index contributed by atoms with van der Waals surface area (Å²) < 4.78 is 5.11. The van der Waals surface area contributed by atoms with Crippen LogP contribution in [0.4, 0.5) is 0 Å². The lowest BCUT2D eigenvalue weighted by Gasteiger charge is -2.47. The van der Waals surface area contributed by atoms with Gasteiger partial charge in [-0.3, -0.25) is 4.79 Å². The van der Waals surface area contributed by atoms with Gasteiger partial charge in [-0.2, -0.15) is 0 Å². The van der Waals surface area contributed by atoms with Crippen molar-refractivity contribution in [3.8, 4) is 0 Å². The third kappa shape index (κ3) is 2.04. The molecule has 1 fully saturated rings. The number of hydrogen-bond donors (Lipinski definition) is 0. The molecule has 0 spiro atoms. The molecule has 1 saturated heterocycles. The minimum Gasteiger partial charge on any atom is -0.369 e. The predicted octanol–water partition coefficient (Wildman–Crippen LogP) is 1.64. The number of likely N-dealkylation sites (tertiary alicyclic amines) is 1. The second-order valence-corrected chi connectivity index (χ2v) is 4.40. The van der Waals surface area contributed by atoms with Gasteiger partial charge in [-0.25, -0.2) is 0 Å². The molecule has 0 radical (unpaired) electrons. The molecule has 0 aromatic rings. The van der Waals surface area contributed by atoms with Crippen molar-refractivity contribution in [1.82, 2.24) is 4.90 Å². The van der Waals surface area contributed by atoms with E-state index in [1.807, 2.05) is 11.8 Å². The highest BCUT2D eigenvalue weighted by atomic mass is 35.5. The van der Waals surface area contributed by atoms with Gasteiger partial charge in [-0.15, -0.1) is 11.6 Å². The number of carbonyl (C=O) groups excluding carboxylic acids is 1. The Bertz CT molecular complexity index is 208. The zero-order valence-corrected chi connectivity index (χ0v) is 9.75. The molecule has 14 heavy (non-hydrogen) atoms. The average Bonchev–Trinajstić information content (AvgIpc) is 2.14. The zero-order valence-electron chi connectivity index (χ0n) is 9.00. The van der Waals surface area contributed by atoms with E-state index in [0.717, 1.165) is 19.4 Å². The Hall–Kier alpha value is -0.280. The fraction of sp³-hybridized carbons (Fsp3) is 0.900. The van der Waals surface area contributed by atoms with Crippen LogP contribution in [-0.4, -0.2) is 42.0 Å². The number of methoxy groups -OCH3 is 1. The summed E-state index contributed by atoms with van der Waals surface area (Å²) in [6.45, 7) is 4.82. The molecular weight excluding hydrogens is 202 g/mol. The predicted molar refractivity (Wildman–Crippen MR) is 56.5 cm³/mol. The number of nitrogens with zero attached hydrogens (tertiary/aromatic N) is 1. The SMILES string of the molecule is CCCCN1C(=O)[C@@H](OC)[C@H]1[C@H](C)Cl. The van der Waals surface area contributed by atoms with Crippen LogP contribution in [0.15, 0.2) is 0 Å². The maximum atomic E-state index is 11.6. The highest BCUT2D eigenvalue weighted by Crippen LogP contribution is 2.28. The summed E-state index contributed by atoms with van der Waals surface area (Å²) >= 11 is 6.02. The molecule has 3 nitrogen and oxygen atoms in total. The fourth-order valence-corrected chi connectivity index (χ4v) is 2.12. The van der Waals surface area contributed by atoms with Crippen molar-refractivity contribution < 1.29 is 9.53 Å². The summed E-state index contributed by atoms with van der Waals surface area (Å²) in [6.07, 6.45) is 1.80. The minimum atomic E-state index is -0.320. The van der Waals surface area contributed by atoms with E-state index in [4.69, 9.17) is 16.3 Å². The first-order chi connectivity index (χ1) is 6.63. The van der Waals surface area contributed by atoms with Crippen molar-refractivity contribution in [2.45, 2.75) is 44.2 Å². The number of unbranched alkanes of at least 4 members (excludes halogenated alkanes) is 1. The second-order valence-electron chi connectivity index (χ2n) is 3.71. The number of carbonyl (C=O) groups is 1. The molecule has 0 aromatic heterocycles. The van der Waals surface area contributed by atoms with Crippen molar-refractivity contribution in [2.24, 2.45) is 0 Å². The summed E-state index contributed by atoms with van der Waals surface area (Å²) in [7, 11) is 1.56. The van der Waals surface area contributed by atoms with Crippen LogP contribution in [0.25, 0.3) is 0 Å². The first-order valence-electron chi connectivity index (χ1n) is 5.10. The maximum absolute atomic E-state index is 11.6. The number of amides is 1. The van der Waals surface area contributed by atoms with E-state index >= 15 is 0 Å². The Balaban J connectivity index is 2.53. The Kier molecular flexibility index (Phi) is 4.20. The lowest BCUT2D eigenvalue weighted by molar-refractivity contribution is -0.170. The van der Waals surface area contributed by atoms with Gasteiger partial charge in [0, 0.05) is 13.7 Å². The molecule has 1 aliphatic heterocycles. The first-order valence-corrected chi connectivity index (χ1v) is 5.54. The highest BCUT2D eigenvalue weighted by Gasteiger charge is 2.49. The van der Waals surface area contributed by atoms with E-state index in [2.05, 4.69) is 6.92 Å². The Morgan fingerprint density at radius 3 is 2.71 bits per heavy atom. The van der Waals surface area contributed by atoms with Crippen LogP contribution < -0.4 is 0 Å². The molecule has 0 saturated carbocycles. The molecule has 0 unspecified atom stereocenters. The lowest BCUT2D eigenvalue weighted by Crippen LogP contribution is -2.68. The zero-order chi connectivity index (χ0) is 10.7. The Morgan fingerprint density at radius 2 is 2.29 bits per heavy atom. The summed E-state index contributed by atoms with van der Waals surface area (Å²) in [5.74, 6) is 0.0819. The number of β-lactam (4-membered cyclic amide) rings is 1. The summed E-state index contributed by atoms with van der Waals surface area (Å²) in [5.41, 5.74) is 0. The molecule has 1 rings (SSSR count). The van der Waals surface area contributed by atoms with E-state index in [1.165, 1.54) is 0 Å². The maximum Gasteiger partial charge on any atom is 0.254 e. The molecule has 0 bridgehead atoms. The summed E-state index contributed by atoms with van der Waals surface area (Å²) in [6, 6.07) is 0.0562. The first kappa shape index (κ1) is 11.8. The van der Waals surface area contributed by atoms with Gasteiger partial charge >= 0.3 is 0 Å². The number of alkyl halides is 1. The second kappa shape index (κ2) is 4.99. The summed E-state index contributed by atoms with van der Waals surface area (Å²) in [5, 5.41) is -0.0468. The number of ether oxygens (including phenoxy) is 1. The summed E-state index contributed by atoms with van der Waals surface area (Å²) in [4.78, 5) is 13.4. The molecule has 4 heteroatoms. The molecule has 0 aliphatic carbocycles. The molecule has 82 valence electrons. The van der Waals surface area contributed by atoms with Gasteiger partial charge in [0.15, 0.2) is 6.10 Å². The average molecular weight is 220 g/mol. The standard InChI is InChI=1S/C10H18ClNO2/c1-4-5-6-12-8(7(2)11)9(14-3)10(12)13/h7-9H,4-6H2,1-3H3/t7-,8+,9-/m0/s1. The molecule has 0 N–H and O–H groups in total. The molecule has 3 atom stereocenters. The topological polar surface area (TPSA) is 29.5 Å². The van der Waals surface area contributed by atoms with Crippen LogP contribution in [-0.2, 0) is 9.53 Å². The van der Waals surface area contributed by atoms with Gasteiger partial charge in [-0.1, -0.05) is 13.3 Å². The van der Waals surface area contributed by atoms with Gasteiger partial charge in [0.1, 0.15) is 0 Å². The molecule has 0 aromatic carbocycles. The lowest BCUT2D eigenvalue weighted by atomic mass is 9.94. The fourth-order valence-electron chi connectivity index (χ4n) is 1.85. The van der Waals surface area contributed by atoms with Crippen molar-refractivity contribution >= 4 is 17.5 Å². The van der Waals surface area contributed by atoms with Gasteiger partial charge in [0.05, 0.1) is 11.4 Å². The van der Waals surface area contributed by atoms with Gasteiger partial charge in [0.2, 0.25) is 0 Å².